The van der Waals surface area contributed by atoms with E-state index in [-0.39, 0.29) is 67.1 Å². The van der Waals surface area contributed by atoms with Crippen LogP contribution in [0.1, 0.15) is 0 Å². The third-order valence-corrected chi connectivity index (χ3v) is 1.29. The summed E-state index contributed by atoms with van der Waals surface area (Å²) in [6.45, 7) is 0. The molecule has 216 valence electrons. The molecule has 0 spiro atoms. The van der Waals surface area contributed by atoms with Crippen molar-refractivity contribution in [2.75, 3.05) is 7.11 Å². The summed E-state index contributed by atoms with van der Waals surface area (Å²) in [6.07, 6.45) is 3.71. The Labute approximate surface area is 268 Å². The number of carbonyl (C=O) groups excluding carboxylic acids is 4. The second-order valence-corrected chi connectivity index (χ2v) is 2.80. The van der Waals surface area contributed by atoms with Gasteiger partial charge in [0.05, 0.1) is 13.4 Å². The van der Waals surface area contributed by atoms with Crippen LogP contribution < -0.4 is 5.84 Å². The Morgan fingerprint density at radius 3 is 1.15 bits per heavy atom. The second kappa shape index (κ2) is 53.4. The molecule has 0 amide bonds. The molecule has 0 aliphatic carbocycles. The summed E-state index contributed by atoms with van der Waals surface area (Å²) >= 11 is 5.10. The zero-order valence-corrected chi connectivity index (χ0v) is 23.6. The van der Waals surface area contributed by atoms with E-state index in [0.717, 1.165) is 12.5 Å². The number of hydrazone groups is 1. The number of hydrogen-bond donors (Lipinski definition) is 4. The van der Waals surface area contributed by atoms with Crippen LogP contribution in [0.15, 0.2) is 16.9 Å². The fourth-order valence-corrected chi connectivity index (χ4v) is 0.405. The van der Waals surface area contributed by atoms with Crippen molar-refractivity contribution >= 4 is 48.3 Å². The van der Waals surface area contributed by atoms with Gasteiger partial charge in [0.25, 0.3) is 0 Å². The molecule has 3 radical (unpaired) electrons. The third kappa shape index (κ3) is 54.4. The molecule has 0 saturated heterocycles. The number of methoxy groups -OCH3 is 1. The van der Waals surface area contributed by atoms with Crippen LogP contribution in [0.2, 0.25) is 0 Å². The summed E-state index contributed by atoms with van der Waals surface area (Å²) < 4.78 is 28.4. The van der Waals surface area contributed by atoms with Gasteiger partial charge in [-0.1, -0.05) is 0 Å². The average molecular weight is 1040 g/mol. The number of rotatable bonds is 7. The second-order valence-electron chi connectivity index (χ2n) is 2.80. The molecule has 0 aliphatic heterocycles. The van der Waals surface area contributed by atoms with Crippen molar-refractivity contribution in [1.29, 1.82) is 0 Å². The topological polar surface area (TPSA) is 279 Å². The maximum absolute atomic E-state index is 9.91. The summed E-state index contributed by atoms with van der Waals surface area (Å²) in [5.41, 5.74) is -1.32. The number of nitrogens with two attached hydrogens (primary N) is 1. The first kappa shape index (κ1) is 58.6. The number of hydrogen-bond acceptors (Lipinski definition) is 13. The van der Waals surface area contributed by atoms with E-state index in [9.17, 15) is 28.8 Å². The van der Waals surface area contributed by atoms with Crippen LogP contribution in [0, 0.1) is 0 Å². The molecule has 5 N–H and O–H groups in total. The summed E-state index contributed by atoms with van der Waals surface area (Å²) in [5, 5.41) is 26.2. The van der Waals surface area contributed by atoms with Crippen molar-refractivity contribution in [3.05, 3.63) is 11.8 Å². The Balaban J connectivity index is -0.0000000323. The van der Waals surface area contributed by atoms with Crippen molar-refractivity contribution in [2.24, 2.45) is 10.9 Å². The number of carbonyl (C=O) groups is 4. The molecule has 0 unspecified atom stereocenters. The van der Waals surface area contributed by atoms with Crippen LogP contribution in [0.3, 0.4) is 0 Å². The SMILES string of the molecule is CO/C=C(/[C-]=O)C(=O)O.N/N=C(\[C-]=O)C(=O)O.O=[C-]C(=O)C(=O)O.[Ag].[Ag].[Ag].[O]=[Ag].[O]=[Ag].[O]=[Ag]. The van der Waals surface area contributed by atoms with E-state index in [0.29, 0.717) is 6.29 Å². The van der Waals surface area contributed by atoms with E-state index in [4.69, 9.17) is 29.9 Å². The van der Waals surface area contributed by atoms with E-state index in [1.54, 1.807) is 63.1 Å². The maximum atomic E-state index is 9.91. The van der Waals surface area contributed by atoms with Gasteiger partial charge >= 0.3 is 72.9 Å². The van der Waals surface area contributed by atoms with E-state index in [1.165, 1.54) is 13.4 Å². The Morgan fingerprint density at radius 1 is 0.758 bits per heavy atom. The normalized spacial score (nSPS) is 7.61. The van der Waals surface area contributed by atoms with Gasteiger partial charge in [-0.3, -0.25) is 0 Å². The van der Waals surface area contributed by atoms with Gasteiger partial charge in [0, 0.05) is 85.4 Å². The Morgan fingerprint density at radius 2 is 1.12 bits per heavy atom. The molecule has 0 saturated carbocycles. The van der Waals surface area contributed by atoms with E-state index < -0.39 is 35.0 Å². The van der Waals surface area contributed by atoms with Crippen LogP contribution in [0.4, 0.5) is 0 Å². The van der Waals surface area contributed by atoms with Gasteiger partial charge in [0.1, 0.15) is 5.78 Å². The monoisotopic (exact) mass is 1030 g/mol. The van der Waals surface area contributed by atoms with Gasteiger partial charge in [0.2, 0.25) is 11.9 Å². The first-order valence-electron chi connectivity index (χ1n) is 5.38. The number of carboxylic acids is 3. The number of Topliss-reactive ketones (excluding diaryl/α,β-unsaturated/α-hetero) is 1. The quantitative estimate of drug-likeness (QED) is 0.0185. The number of ether oxygens (including phenoxy) is 1. The van der Waals surface area contributed by atoms with Crippen molar-refractivity contribution in [3.8, 4) is 0 Å². The molecule has 0 fully saturated rings. The molecule has 16 nitrogen and oxygen atoms in total. The average Bonchev–Trinajstić information content (AvgIpc) is 2.76. The van der Waals surface area contributed by atoms with E-state index >= 15 is 0 Å². The van der Waals surface area contributed by atoms with Crippen LogP contribution in [-0.4, -0.2) is 70.7 Å². The summed E-state index contributed by atoms with van der Waals surface area (Å²) in [4.78, 5) is 66.6. The van der Waals surface area contributed by atoms with Crippen LogP contribution in [0.25, 0.3) is 0 Å². The summed E-state index contributed by atoms with van der Waals surface area (Å²) in [7, 11) is 1.25. The Bertz CT molecular complexity index is 626. The Hall–Kier alpha value is -0.0584. The van der Waals surface area contributed by atoms with Crippen LogP contribution >= 0.6 is 0 Å². The van der Waals surface area contributed by atoms with Crippen molar-refractivity contribution in [1.82, 2.24) is 0 Å². The van der Waals surface area contributed by atoms with Crippen molar-refractivity contribution < 1.29 is 194 Å². The van der Waals surface area contributed by atoms with Gasteiger partial charge in [-0.15, -0.1) is 0 Å². The molecule has 0 aromatic heterocycles. The summed E-state index contributed by atoms with van der Waals surface area (Å²) in [6, 6.07) is 0. The zero-order chi connectivity index (χ0) is 25.7. The molecule has 0 aromatic carbocycles. The van der Waals surface area contributed by atoms with E-state index in [2.05, 4.69) is 15.7 Å². The Kier molecular flexibility index (Phi) is 94.8. The molecular weight excluding hydrogens is 1030 g/mol. The van der Waals surface area contributed by atoms with Crippen molar-refractivity contribution in [3.63, 3.8) is 0 Å². The summed E-state index contributed by atoms with van der Waals surface area (Å²) in [5.74, 6) is -1.69. The van der Waals surface area contributed by atoms with Gasteiger partial charge in [-0.25, -0.2) is 5.10 Å². The minimum atomic E-state index is -1.77. The standard InChI is InChI=1S/C5H5O4.C3H3N2O3.C3HO4.6Ag.3O/c1-9-3-4(2-6)5(7)8;4-5-2(1-6)3(7)8;4-1-2(5)3(6)7;;;;;;;;;/h3H,1H3,(H,7,8);4H2,(H,7,8);(H,6,7);;;;;;;;;/q3*-1;;;;;;;;;/b4-3-;5-2+;;;;;;;;;;. The molecule has 22 heteroatoms. The number of nitrogens with zero attached hydrogens (tertiary/aromatic N) is 1. The number of aliphatic carboxylic acids is 3. The van der Waals surface area contributed by atoms with Crippen LogP contribution in [0.5, 0.6) is 0 Å². The van der Waals surface area contributed by atoms with Gasteiger partial charge in [-0.2, -0.15) is 0 Å². The first-order valence-corrected chi connectivity index (χ1v) is 7.20. The van der Waals surface area contributed by atoms with Crippen molar-refractivity contribution in [2.45, 2.75) is 0 Å². The van der Waals surface area contributed by atoms with E-state index in [1.807, 2.05) is 0 Å². The molecule has 0 bridgehead atoms. The fraction of sp³-hybridized carbons (Fsp3) is 0.0909. The molecule has 0 atom stereocenters. The van der Waals surface area contributed by atoms with Crippen LogP contribution in [-0.2, 0) is 178 Å². The number of ketones is 1. The zero-order valence-electron chi connectivity index (χ0n) is 14.7. The van der Waals surface area contributed by atoms with Gasteiger partial charge < -0.3 is 59.5 Å². The third-order valence-electron chi connectivity index (χ3n) is 1.29. The molecule has 0 aromatic rings. The molecule has 0 heterocycles. The molecular formula is C11H9Ag6N2O14-3. The number of carboxylic acid groups (broad SMARTS) is 3. The predicted octanol–water partition coefficient (Wildman–Crippen LogP) is -3.42. The predicted molar refractivity (Wildman–Crippen MR) is 73.8 cm³/mol. The molecule has 33 heavy (non-hydrogen) atoms. The first-order chi connectivity index (χ1) is 14.1. The fourth-order valence-electron chi connectivity index (χ4n) is 0.405. The molecule has 0 rings (SSSR count). The minimum absolute atomic E-state index is 0. The van der Waals surface area contributed by atoms with Gasteiger partial charge in [0.15, 0.2) is 5.97 Å². The molecule has 0 aliphatic rings. The van der Waals surface area contributed by atoms with Gasteiger partial charge in [-0.05, 0) is 11.8 Å².